The molecule has 2 heterocycles. The largest absolute Gasteiger partial charge is 0.330 e. The molecule has 1 amide bonds. The number of rotatable bonds is 5. The number of carbonyl (C=O) groups excluding carboxylic acids is 1. The second-order valence-corrected chi connectivity index (χ2v) is 7.48. The van der Waals surface area contributed by atoms with Crippen LogP contribution in [-0.2, 0) is 6.54 Å². The Hall–Kier alpha value is -2.05. The SMILES string of the molecule is O=C(c1csc(-c2ccsc2)n1)N(Cc1ccc(F)cc1)C1CC1. The first kappa shape index (κ1) is 15.5. The number of aromatic nitrogens is 1. The Morgan fingerprint density at radius 3 is 2.67 bits per heavy atom. The van der Waals surface area contributed by atoms with Gasteiger partial charge in [-0.3, -0.25) is 4.79 Å². The highest BCUT2D eigenvalue weighted by molar-refractivity contribution is 7.14. The first-order valence-corrected chi connectivity index (χ1v) is 9.56. The van der Waals surface area contributed by atoms with E-state index in [-0.39, 0.29) is 17.8 Å². The van der Waals surface area contributed by atoms with Gasteiger partial charge in [-0.2, -0.15) is 11.3 Å². The lowest BCUT2D eigenvalue weighted by atomic mass is 10.2. The van der Waals surface area contributed by atoms with E-state index in [1.807, 2.05) is 27.1 Å². The minimum Gasteiger partial charge on any atom is -0.330 e. The van der Waals surface area contributed by atoms with Crippen molar-refractivity contribution in [1.29, 1.82) is 0 Å². The van der Waals surface area contributed by atoms with Crippen LogP contribution in [0.1, 0.15) is 28.9 Å². The molecule has 1 aromatic carbocycles. The van der Waals surface area contributed by atoms with Gasteiger partial charge >= 0.3 is 0 Å². The molecule has 4 rings (SSSR count). The van der Waals surface area contributed by atoms with Gasteiger partial charge in [0.05, 0.1) is 0 Å². The molecule has 3 nitrogen and oxygen atoms in total. The zero-order valence-electron chi connectivity index (χ0n) is 12.8. The van der Waals surface area contributed by atoms with Crippen LogP contribution in [0.5, 0.6) is 0 Å². The summed E-state index contributed by atoms with van der Waals surface area (Å²) < 4.78 is 13.1. The number of thiophene rings is 1. The van der Waals surface area contributed by atoms with Crippen LogP contribution in [0.15, 0.2) is 46.5 Å². The number of carbonyl (C=O) groups is 1. The van der Waals surface area contributed by atoms with Gasteiger partial charge in [0.15, 0.2) is 0 Å². The summed E-state index contributed by atoms with van der Waals surface area (Å²) in [5.74, 6) is -0.303. The molecule has 0 atom stereocenters. The van der Waals surface area contributed by atoms with E-state index in [1.165, 1.54) is 23.5 Å². The van der Waals surface area contributed by atoms with Crippen molar-refractivity contribution in [1.82, 2.24) is 9.88 Å². The zero-order chi connectivity index (χ0) is 16.5. The van der Waals surface area contributed by atoms with E-state index in [4.69, 9.17) is 0 Å². The molecule has 122 valence electrons. The minimum atomic E-state index is -0.261. The minimum absolute atomic E-state index is 0.0421. The van der Waals surface area contributed by atoms with E-state index in [0.717, 1.165) is 29.0 Å². The van der Waals surface area contributed by atoms with Crippen molar-refractivity contribution in [3.63, 3.8) is 0 Å². The molecular formula is C18H15FN2OS2. The molecule has 0 spiro atoms. The van der Waals surface area contributed by atoms with Gasteiger partial charge in [0.1, 0.15) is 16.5 Å². The Kier molecular flexibility index (Phi) is 4.16. The van der Waals surface area contributed by atoms with Crippen molar-refractivity contribution < 1.29 is 9.18 Å². The highest BCUT2D eigenvalue weighted by atomic mass is 32.1. The Labute approximate surface area is 147 Å². The summed E-state index contributed by atoms with van der Waals surface area (Å²) in [5.41, 5.74) is 2.49. The average molecular weight is 358 g/mol. The van der Waals surface area contributed by atoms with Crippen molar-refractivity contribution in [3.8, 4) is 10.6 Å². The fraction of sp³-hybridized carbons (Fsp3) is 0.222. The highest BCUT2D eigenvalue weighted by Crippen LogP contribution is 2.31. The van der Waals surface area contributed by atoms with Gasteiger partial charge in [-0.1, -0.05) is 12.1 Å². The van der Waals surface area contributed by atoms with E-state index in [1.54, 1.807) is 23.5 Å². The van der Waals surface area contributed by atoms with Crippen LogP contribution in [0.25, 0.3) is 10.6 Å². The van der Waals surface area contributed by atoms with Crippen molar-refractivity contribution in [3.05, 3.63) is 63.5 Å². The van der Waals surface area contributed by atoms with Crippen molar-refractivity contribution in [2.45, 2.75) is 25.4 Å². The summed E-state index contributed by atoms with van der Waals surface area (Å²) in [6.45, 7) is 0.495. The maximum atomic E-state index is 13.1. The molecule has 3 aromatic rings. The number of halogens is 1. The van der Waals surface area contributed by atoms with Crippen LogP contribution in [0.2, 0.25) is 0 Å². The molecule has 1 aliphatic rings. The van der Waals surface area contributed by atoms with Crippen LogP contribution >= 0.6 is 22.7 Å². The Morgan fingerprint density at radius 2 is 2.00 bits per heavy atom. The second kappa shape index (κ2) is 6.45. The van der Waals surface area contributed by atoms with E-state index >= 15 is 0 Å². The third-order valence-electron chi connectivity index (χ3n) is 4.01. The molecular weight excluding hydrogens is 343 g/mol. The van der Waals surface area contributed by atoms with Crippen LogP contribution in [0, 0.1) is 5.82 Å². The highest BCUT2D eigenvalue weighted by Gasteiger charge is 2.34. The monoisotopic (exact) mass is 358 g/mol. The smallest absolute Gasteiger partial charge is 0.273 e. The van der Waals surface area contributed by atoms with Crippen molar-refractivity contribution >= 4 is 28.6 Å². The number of hydrogen-bond acceptors (Lipinski definition) is 4. The molecule has 0 radical (unpaired) electrons. The number of amides is 1. The van der Waals surface area contributed by atoms with Crippen molar-refractivity contribution in [2.75, 3.05) is 0 Å². The summed E-state index contributed by atoms with van der Waals surface area (Å²) in [5, 5.41) is 6.74. The lowest BCUT2D eigenvalue weighted by molar-refractivity contribution is 0.0725. The Bertz CT molecular complexity index is 838. The molecule has 0 N–H and O–H groups in total. The predicted molar refractivity (Wildman–Crippen MR) is 94.7 cm³/mol. The first-order chi connectivity index (χ1) is 11.7. The fourth-order valence-electron chi connectivity index (χ4n) is 2.58. The molecule has 1 fully saturated rings. The molecule has 0 unspecified atom stereocenters. The zero-order valence-corrected chi connectivity index (χ0v) is 14.4. The maximum absolute atomic E-state index is 13.1. The Morgan fingerprint density at radius 1 is 1.21 bits per heavy atom. The fourth-order valence-corrected chi connectivity index (χ4v) is 4.08. The molecule has 0 aliphatic heterocycles. The van der Waals surface area contributed by atoms with Gasteiger partial charge in [0, 0.05) is 28.9 Å². The molecule has 0 bridgehead atoms. The van der Waals surface area contributed by atoms with E-state index < -0.39 is 0 Å². The maximum Gasteiger partial charge on any atom is 0.273 e. The van der Waals surface area contributed by atoms with Crippen LogP contribution in [0.4, 0.5) is 4.39 Å². The molecule has 1 saturated carbocycles. The normalized spacial score (nSPS) is 13.9. The standard InChI is InChI=1S/C18H15FN2OS2/c19-14-3-1-12(2-4-14)9-21(15-5-6-15)18(22)16-11-24-17(20-16)13-7-8-23-10-13/h1-4,7-8,10-11,15H,5-6,9H2. The van der Waals surface area contributed by atoms with E-state index in [2.05, 4.69) is 4.98 Å². The molecule has 6 heteroatoms. The van der Waals surface area contributed by atoms with E-state index in [0.29, 0.717) is 12.2 Å². The first-order valence-electron chi connectivity index (χ1n) is 7.74. The third-order valence-corrected chi connectivity index (χ3v) is 5.58. The lowest BCUT2D eigenvalue weighted by Crippen LogP contribution is -2.32. The summed E-state index contributed by atoms with van der Waals surface area (Å²) in [4.78, 5) is 19.3. The van der Waals surface area contributed by atoms with Gasteiger partial charge in [-0.05, 0) is 42.0 Å². The predicted octanol–water partition coefficient (Wildman–Crippen LogP) is 4.82. The Balaban J connectivity index is 1.55. The summed E-state index contributed by atoms with van der Waals surface area (Å²) >= 11 is 3.11. The van der Waals surface area contributed by atoms with Gasteiger partial charge in [0.2, 0.25) is 0 Å². The van der Waals surface area contributed by atoms with Gasteiger partial charge in [-0.15, -0.1) is 11.3 Å². The lowest BCUT2D eigenvalue weighted by Gasteiger charge is -2.21. The number of benzene rings is 1. The quantitative estimate of drug-likeness (QED) is 0.655. The van der Waals surface area contributed by atoms with E-state index in [9.17, 15) is 9.18 Å². The van der Waals surface area contributed by atoms with Gasteiger partial charge < -0.3 is 4.90 Å². The topological polar surface area (TPSA) is 33.2 Å². The molecule has 24 heavy (non-hydrogen) atoms. The second-order valence-electron chi connectivity index (χ2n) is 5.84. The number of nitrogens with zero attached hydrogens (tertiary/aromatic N) is 2. The van der Waals surface area contributed by atoms with Gasteiger partial charge in [-0.25, -0.2) is 9.37 Å². The van der Waals surface area contributed by atoms with Gasteiger partial charge in [0.25, 0.3) is 5.91 Å². The summed E-state index contributed by atoms with van der Waals surface area (Å²) in [7, 11) is 0. The molecule has 2 aromatic heterocycles. The molecule has 0 saturated heterocycles. The number of thiazole rings is 1. The third kappa shape index (κ3) is 3.25. The van der Waals surface area contributed by atoms with Crippen LogP contribution in [-0.4, -0.2) is 21.8 Å². The summed E-state index contributed by atoms with van der Waals surface area (Å²) in [6.07, 6.45) is 2.04. The van der Waals surface area contributed by atoms with Crippen LogP contribution in [0.3, 0.4) is 0 Å². The van der Waals surface area contributed by atoms with Crippen molar-refractivity contribution in [2.24, 2.45) is 0 Å². The van der Waals surface area contributed by atoms with Crippen LogP contribution < -0.4 is 0 Å². The average Bonchev–Trinajstić information content (AvgIpc) is 3.09. The molecule has 1 aliphatic carbocycles. The number of hydrogen-bond donors (Lipinski definition) is 0. The summed E-state index contributed by atoms with van der Waals surface area (Å²) in [6, 6.07) is 8.61.